The third-order valence-corrected chi connectivity index (χ3v) is 3.70. The van der Waals surface area contributed by atoms with Gasteiger partial charge >= 0.3 is 0 Å². The van der Waals surface area contributed by atoms with Crippen LogP contribution in [0.5, 0.6) is 0 Å². The van der Waals surface area contributed by atoms with Crippen LogP contribution in [0.1, 0.15) is 29.5 Å². The molecule has 0 saturated heterocycles. The van der Waals surface area contributed by atoms with Crippen molar-refractivity contribution >= 4 is 17.2 Å². The molecule has 0 saturated carbocycles. The highest BCUT2D eigenvalue weighted by atomic mass is 15.0. The Morgan fingerprint density at radius 1 is 1.25 bits per heavy atom. The average Bonchev–Trinajstić information content (AvgIpc) is 2.49. The van der Waals surface area contributed by atoms with Gasteiger partial charge in [0.05, 0.1) is 11.3 Å². The Hall–Kier alpha value is -2.54. The summed E-state index contributed by atoms with van der Waals surface area (Å²) in [5.74, 6) is 0.614. The molecule has 1 aliphatic carbocycles. The van der Waals surface area contributed by atoms with Crippen molar-refractivity contribution in [1.82, 2.24) is 4.98 Å². The van der Waals surface area contributed by atoms with Crippen LogP contribution in [-0.4, -0.2) is 4.98 Å². The van der Waals surface area contributed by atoms with Gasteiger partial charge in [-0.05, 0) is 48.9 Å². The lowest BCUT2D eigenvalue weighted by molar-refractivity contribution is 0.687. The first-order valence-electron chi connectivity index (χ1n) is 6.81. The van der Waals surface area contributed by atoms with Crippen LogP contribution in [0, 0.1) is 11.3 Å². The number of hydrogen-bond donors (Lipinski definition) is 2. The number of hydrogen-bond acceptors (Lipinski definition) is 4. The van der Waals surface area contributed by atoms with Crippen molar-refractivity contribution in [3.63, 3.8) is 0 Å². The normalized spacial score (nSPS) is 13.3. The maximum absolute atomic E-state index is 8.83. The molecule has 1 aliphatic rings. The van der Waals surface area contributed by atoms with Gasteiger partial charge in [0.2, 0.25) is 0 Å². The second-order valence-electron chi connectivity index (χ2n) is 5.05. The lowest BCUT2D eigenvalue weighted by atomic mass is 9.90. The number of aryl methyl sites for hydroxylation is 1. The molecule has 4 nitrogen and oxygen atoms in total. The molecule has 4 heteroatoms. The molecule has 1 aromatic heterocycles. The number of anilines is 3. The number of nitrogens with zero attached hydrogens (tertiary/aromatic N) is 2. The number of rotatable bonds is 2. The molecule has 3 N–H and O–H groups in total. The van der Waals surface area contributed by atoms with Crippen LogP contribution in [0.2, 0.25) is 0 Å². The first-order valence-corrected chi connectivity index (χ1v) is 6.81. The maximum Gasteiger partial charge on any atom is 0.153 e. The molecule has 0 atom stereocenters. The molecule has 0 radical (unpaired) electrons. The standard InChI is InChI=1S/C16H16N4/c17-9-11-8-14(18)16(19-10-11)20-15-7-3-5-12-4-1-2-6-13(12)15/h3,5,7-8,10H,1-2,4,6,18H2,(H,19,20). The summed E-state index contributed by atoms with van der Waals surface area (Å²) >= 11 is 0. The first kappa shape index (κ1) is 12.5. The highest BCUT2D eigenvalue weighted by Gasteiger charge is 2.13. The fourth-order valence-corrected chi connectivity index (χ4v) is 2.67. The topological polar surface area (TPSA) is 74.7 Å². The Morgan fingerprint density at radius 2 is 2.10 bits per heavy atom. The van der Waals surface area contributed by atoms with E-state index < -0.39 is 0 Å². The van der Waals surface area contributed by atoms with Gasteiger partial charge in [-0.2, -0.15) is 5.26 Å². The van der Waals surface area contributed by atoms with Crippen LogP contribution in [0.3, 0.4) is 0 Å². The SMILES string of the molecule is N#Cc1cnc(Nc2cccc3c2CCCC3)c(N)c1. The Bertz CT molecular complexity index is 685. The highest BCUT2D eigenvalue weighted by Crippen LogP contribution is 2.30. The van der Waals surface area contributed by atoms with E-state index in [1.54, 1.807) is 6.07 Å². The van der Waals surface area contributed by atoms with Gasteiger partial charge in [-0.25, -0.2) is 4.98 Å². The van der Waals surface area contributed by atoms with Crippen molar-refractivity contribution in [2.75, 3.05) is 11.1 Å². The smallest absolute Gasteiger partial charge is 0.153 e. The van der Waals surface area contributed by atoms with Crippen LogP contribution in [-0.2, 0) is 12.8 Å². The molecule has 0 fully saturated rings. The minimum atomic E-state index is 0.475. The number of nitrogens with one attached hydrogen (secondary N) is 1. The molecule has 0 bridgehead atoms. The lowest BCUT2D eigenvalue weighted by Gasteiger charge is -2.20. The fraction of sp³-hybridized carbons (Fsp3) is 0.250. The summed E-state index contributed by atoms with van der Waals surface area (Å²) in [7, 11) is 0. The van der Waals surface area contributed by atoms with E-state index >= 15 is 0 Å². The highest BCUT2D eigenvalue weighted by molar-refractivity contribution is 5.72. The van der Waals surface area contributed by atoms with E-state index in [4.69, 9.17) is 11.0 Å². The largest absolute Gasteiger partial charge is 0.396 e. The van der Waals surface area contributed by atoms with Crippen LogP contribution >= 0.6 is 0 Å². The summed E-state index contributed by atoms with van der Waals surface area (Å²) in [6.45, 7) is 0. The molecule has 1 aromatic carbocycles. The van der Waals surface area contributed by atoms with Crippen LogP contribution in [0.25, 0.3) is 0 Å². The fourth-order valence-electron chi connectivity index (χ4n) is 2.67. The lowest BCUT2D eigenvalue weighted by Crippen LogP contribution is -2.07. The number of pyridine rings is 1. The summed E-state index contributed by atoms with van der Waals surface area (Å²) in [6, 6.07) is 9.99. The number of benzene rings is 1. The Morgan fingerprint density at radius 3 is 2.90 bits per heavy atom. The van der Waals surface area contributed by atoms with Crippen molar-refractivity contribution in [1.29, 1.82) is 5.26 Å². The molecule has 2 aromatic rings. The van der Waals surface area contributed by atoms with Gasteiger partial charge in [0, 0.05) is 11.9 Å². The molecular formula is C16H16N4. The summed E-state index contributed by atoms with van der Waals surface area (Å²) < 4.78 is 0. The van der Waals surface area contributed by atoms with Crippen molar-refractivity contribution < 1.29 is 0 Å². The van der Waals surface area contributed by atoms with Gasteiger partial charge in [-0.3, -0.25) is 0 Å². The molecule has 0 aliphatic heterocycles. The van der Waals surface area contributed by atoms with Gasteiger partial charge in [-0.15, -0.1) is 0 Å². The van der Waals surface area contributed by atoms with E-state index in [1.807, 2.05) is 6.07 Å². The van der Waals surface area contributed by atoms with E-state index in [2.05, 4.69) is 28.5 Å². The molecule has 0 spiro atoms. The van der Waals surface area contributed by atoms with Crippen molar-refractivity contribution in [3.05, 3.63) is 47.2 Å². The quantitative estimate of drug-likeness (QED) is 0.873. The second-order valence-corrected chi connectivity index (χ2v) is 5.05. The molecule has 3 rings (SSSR count). The minimum absolute atomic E-state index is 0.475. The van der Waals surface area contributed by atoms with Gasteiger partial charge < -0.3 is 11.1 Å². The second kappa shape index (κ2) is 5.22. The Balaban J connectivity index is 1.94. The van der Waals surface area contributed by atoms with Crippen molar-refractivity contribution in [3.8, 4) is 6.07 Å². The molecule has 1 heterocycles. The van der Waals surface area contributed by atoms with Crippen molar-refractivity contribution in [2.24, 2.45) is 0 Å². The monoisotopic (exact) mass is 264 g/mol. The molecule has 20 heavy (non-hydrogen) atoms. The number of aromatic nitrogens is 1. The number of nitrogen functional groups attached to an aromatic ring is 1. The molecular weight excluding hydrogens is 248 g/mol. The summed E-state index contributed by atoms with van der Waals surface area (Å²) in [4.78, 5) is 4.23. The summed E-state index contributed by atoms with van der Waals surface area (Å²) in [5, 5.41) is 12.1. The Labute approximate surface area is 118 Å². The zero-order chi connectivity index (χ0) is 13.9. The molecule has 0 unspecified atom stereocenters. The molecule has 100 valence electrons. The maximum atomic E-state index is 8.83. The Kier molecular flexibility index (Phi) is 3.26. The van der Waals surface area contributed by atoms with E-state index in [0.717, 1.165) is 18.5 Å². The van der Waals surface area contributed by atoms with Crippen LogP contribution in [0.15, 0.2) is 30.5 Å². The summed E-state index contributed by atoms with van der Waals surface area (Å²) in [6.07, 6.45) is 6.25. The third kappa shape index (κ3) is 2.30. The zero-order valence-corrected chi connectivity index (χ0v) is 11.2. The van der Waals surface area contributed by atoms with Gasteiger partial charge in [0.1, 0.15) is 6.07 Å². The van der Waals surface area contributed by atoms with Crippen LogP contribution in [0.4, 0.5) is 17.2 Å². The average molecular weight is 264 g/mol. The number of nitriles is 1. The van der Waals surface area contributed by atoms with Gasteiger partial charge in [-0.1, -0.05) is 12.1 Å². The van der Waals surface area contributed by atoms with Crippen molar-refractivity contribution in [2.45, 2.75) is 25.7 Å². The van der Waals surface area contributed by atoms with E-state index in [0.29, 0.717) is 17.1 Å². The first-order chi connectivity index (χ1) is 9.78. The van der Waals surface area contributed by atoms with Crippen LogP contribution < -0.4 is 11.1 Å². The molecule has 0 amide bonds. The van der Waals surface area contributed by atoms with Gasteiger partial charge in [0.15, 0.2) is 5.82 Å². The summed E-state index contributed by atoms with van der Waals surface area (Å²) in [5.41, 5.74) is 10.8. The predicted octanol–water partition coefficient (Wildman–Crippen LogP) is 3.16. The van der Waals surface area contributed by atoms with E-state index in [9.17, 15) is 0 Å². The predicted molar refractivity (Wildman–Crippen MR) is 79.7 cm³/mol. The number of fused-ring (bicyclic) bond motifs is 1. The zero-order valence-electron chi connectivity index (χ0n) is 11.2. The third-order valence-electron chi connectivity index (χ3n) is 3.70. The van der Waals surface area contributed by atoms with Gasteiger partial charge in [0.25, 0.3) is 0 Å². The number of nitrogens with two attached hydrogens (primary N) is 1. The minimum Gasteiger partial charge on any atom is -0.396 e. The van der Waals surface area contributed by atoms with E-state index in [1.165, 1.54) is 30.2 Å². The van der Waals surface area contributed by atoms with E-state index in [-0.39, 0.29) is 0 Å².